The second-order valence-electron chi connectivity index (χ2n) is 12.5. The average molecular weight is 359 g/mol. The van der Waals surface area contributed by atoms with Gasteiger partial charge in [-0.1, -0.05) is 41.5 Å². The molecule has 26 heavy (non-hydrogen) atoms. The van der Waals surface area contributed by atoms with Crippen LogP contribution in [0.5, 0.6) is 0 Å². The van der Waals surface area contributed by atoms with Crippen molar-refractivity contribution in [2.24, 2.45) is 45.3 Å². The van der Waals surface area contributed by atoms with E-state index in [1.165, 1.54) is 51.4 Å². The second-order valence-corrected chi connectivity index (χ2v) is 12.5. The van der Waals surface area contributed by atoms with Crippen LogP contribution >= 0.6 is 0 Å². The number of rotatable bonds is 4. The van der Waals surface area contributed by atoms with Gasteiger partial charge in [0.2, 0.25) is 0 Å². The van der Waals surface area contributed by atoms with Crippen molar-refractivity contribution in [3.8, 4) is 0 Å². The molecule has 148 valence electrons. The number of hydrogen-bond donors (Lipinski definition) is 0. The highest BCUT2D eigenvalue weighted by atomic mass is 16.1. The van der Waals surface area contributed by atoms with Gasteiger partial charge in [-0.15, -0.1) is 0 Å². The molecule has 0 spiro atoms. The Morgan fingerprint density at radius 1 is 0.808 bits per heavy atom. The Balaban J connectivity index is 1.45. The molecule has 0 heterocycles. The molecule has 6 unspecified atom stereocenters. The molecular formula is C25H42O. The summed E-state index contributed by atoms with van der Waals surface area (Å²) >= 11 is 0. The Labute approximate surface area is 162 Å². The van der Waals surface area contributed by atoms with E-state index in [-0.39, 0.29) is 5.41 Å². The van der Waals surface area contributed by atoms with Gasteiger partial charge in [0.1, 0.15) is 5.78 Å². The fraction of sp³-hybridized carbons (Fsp3) is 0.960. The summed E-state index contributed by atoms with van der Waals surface area (Å²) in [5.41, 5.74) is 1.50. The first kappa shape index (κ1) is 19.0. The summed E-state index contributed by atoms with van der Waals surface area (Å²) in [6.07, 6.45) is 12.8. The van der Waals surface area contributed by atoms with E-state index in [0.29, 0.717) is 27.9 Å². The lowest BCUT2D eigenvalue weighted by Crippen LogP contribution is -2.54. The van der Waals surface area contributed by atoms with Crippen molar-refractivity contribution in [2.45, 2.75) is 106 Å². The van der Waals surface area contributed by atoms with E-state index < -0.39 is 0 Å². The molecule has 0 N–H and O–H groups in total. The predicted molar refractivity (Wildman–Crippen MR) is 109 cm³/mol. The van der Waals surface area contributed by atoms with E-state index in [9.17, 15) is 4.79 Å². The van der Waals surface area contributed by atoms with Crippen molar-refractivity contribution in [1.82, 2.24) is 0 Å². The Morgan fingerprint density at radius 2 is 1.35 bits per heavy atom. The first-order valence-electron chi connectivity index (χ1n) is 11.5. The molecule has 6 aliphatic carbocycles. The molecule has 6 fully saturated rings. The zero-order valence-corrected chi connectivity index (χ0v) is 18.3. The molecule has 0 radical (unpaired) electrons. The second kappa shape index (κ2) is 5.84. The summed E-state index contributed by atoms with van der Waals surface area (Å²) in [7, 11) is 0. The maximum Gasteiger partial charge on any atom is 0.136 e. The largest absolute Gasteiger partial charge is 0.299 e. The minimum absolute atomic E-state index is 0.244. The fourth-order valence-corrected chi connectivity index (χ4v) is 8.27. The van der Waals surface area contributed by atoms with E-state index in [1.807, 2.05) is 0 Å². The Kier molecular flexibility index (Phi) is 4.27. The number of fused-ring (bicyclic) bond motifs is 6. The molecule has 0 aromatic heterocycles. The van der Waals surface area contributed by atoms with Gasteiger partial charge in [-0.25, -0.2) is 0 Å². The Hall–Kier alpha value is -0.330. The van der Waals surface area contributed by atoms with Crippen LogP contribution < -0.4 is 0 Å². The minimum atomic E-state index is 0.244. The van der Waals surface area contributed by atoms with Crippen molar-refractivity contribution in [1.29, 1.82) is 0 Å². The fourth-order valence-electron chi connectivity index (χ4n) is 8.27. The molecule has 4 bridgehead atoms. The summed E-state index contributed by atoms with van der Waals surface area (Å²) in [6, 6.07) is 0. The van der Waals surface area contributed by atoms with Crippen molar-refractivity contribution < 1.29 is 4.79 Å². The highest BCUT2D eigenvalue weighted by Gasteiger charge is 2.58. The van der Waals surface area contributed by atoms with E-state index in [1.54, 1.807) is 0 Å². The molecule has 6 rings (SSSR count). The first-order chi connectivity index (χ1) is 12.0. The lowest BCUT2D eigenvalue weighted by atomic mass is 9.43. The molecule has 0 amide bonds. The zero-order chi connectivity index (χ0) is 19.0. The van der Waals surface area contributed by atoms with Crippen molar-refractivity contribution in [2.75, 3.05) is 0 Å². The highest BCUT2D eigenvalue weighted by Crippen LogP contribution is 2.65. The van der Waals surface area contributed by atoms with E-state index >= 15 is 0 Å². The van der Waals surface area contributed by atoms with Gasteiger partial charge < -0.3 is 0 Å². The number of hydrogen-bond acceptors (Lipinski definition) is 1. The van der Waals surface area contributed by atoms with E-state index in [0.717, 1.165) is 30.6 Å². The maximum atomic E-state index is 13.4. The molecule has 6 saturated carbocycles. The van der Waals surface area contributed by atoms with Crippen LogP contribution in [0.2, 0.25) is 0 Å². The van der Waals surface area contributed by atoms with Gasteiger partial charge in [-0.2, -0.15) is 0 Å². The third kappa shape index (κ3) is 2.58. The van der Waals surface area contributed by atoms with Crippen LogP contribution in [0, 0.1) is 45.3 Å². The molecule has 0 aromatic rings. The lowest BCUT2D eigenvalue weighted by molar-refractivity contribution is -0.150. The first-order valence-corrected chi connectivity index (χ1v) is 11.5. The van der Waals surface area contributed by atoms with Gasteiger partial charge in [0.05, 0.1) is 0 Å². The van der Waals surface area contributed by atoms with Crippen molar-refractivity contribution >= 4 is 5.78 Å². The van der Waals surface area contributed by atoms with E-state index in [4.69, 9.17) is 0 Å². The maximum absolute atomic E-state index is 13.4. The van der Waals surface area contributed by atoms with Gasteiger partial charge in [0.15, 0.2) is 0 Å². The molecule has 0 saturated heterocycles. The number of carbonyl (C=O) groups excluding carboxylic acids is 1. The van der Waals surface area contributed by atoms with Crippen LogP contribution in [0.25, 0.3) is 0 Å². The smallest absolute Gasteiger partial charge is 0.136 e. The molecule has 6 atom stereocenters. The van der Waals surface area contributed by atoms with Crippen molar-refractivity contribution in [3.05, 3.63) is 0 Å². The van der Waals surface area contributed by atoms with E-state index in [2.05, 4.69) is 41.5 Å². The molecule has 0 aromatic carbocycles. The average Bonchev–Trinajstić information content (AvgIpc) is 2.54. The molecular weight excluding hydrogens is 316 g/mol. The molecule has 1 heteroatoms. The standard InChI is InChI=1S/C25H42O/c1-22(2)15-17-9-11-24(22,5)19(13-17)7-8-21(26)20-14-18-10-12-25(20,6)23(3,4)16-18/h17-20H,7-16H2,1-6H3. The SMILES string of the molecule is CC1(C)CC2CCC1(C)C(CCC(=O)C1CC3CCC1(C)C(C)(C)C3)C2. The van der Waals surface area contributed by atoms with Crippen LogP contribution in [0.15, 0.2) is 0 Å². The highest BCUT2D eigenvalue weighted by molar-refractivity contribution is 5.82. The van der Waals surface area contributed by atoms with Crippen molar-refractivity contribution in [3.63, 3.8) is 0 Å². The lowest BCUT2D eigenvalue weighted by Gasteiger charge is -2.61. The zero-order valence-electron chi connectivity index (χ0n) is 18.3. The summed E-state index contributed by atoms with van der Waals surface area (Å²) in [4.78, 5) is 13.4. The van der Waals surface area contributed by atoms with Crippen LogP contribution in [0.1, 0.15) is 106 Å². The minimum Gasteiger partial charge on any atom is -0.299 e. The number of Topliss-reactive ketones (excluding diaryl/α,β-unsaturated/α-hetero) is 1. The number of carbonyl (C=O) groups is 1. The quantitative estimate of drug-likeness (QED) is 0.526. The van der Waals surface area contributed by atoms with Gasteiger partial charge in [0.25, 0.3) is 0 Å². The predicted octanol–water partition coefficient (Wildman–Crippen LogP) is 7.04. The van der Waals surface area contributed by atoms with Gasteiger partial charge in [-0.3, -0.25) is 4.79 Å². The summed E-state index contributed by atoms with van der Waals surface area (Å²) < 4.78 is 0. The van der Waals surface area contributed by atoms with Gasteiger partial charge in [0, 0.05) is 12.3 Å². The van der Waals surface area contributed by atoms with Crippen LogP contribution in [-0.2, 0) is 4.79 Å². The van der Waals surface area contributed by atoms with Crippen LogP contribution in [0.4, 0.5) is 0 Å². The monoisotopic (exact) mass is 358 g/mol. The summed E-state index contributed by atoms with van der Waals surface area (Å²) in [5, 5.41) is 0. The Bertz CT molecular complexity index is 587. The topological polar surface area (TPSA) is 17.1 Å². The third-order valence-electron chi connectivity index (χ3n) is 10.8. The number of ketones is 1. The van der Waals surface area contributed by atoms with Crippen LogP contribution in [0.3, 0.4) is 0 Å². The molecule has 6 aliphatic rings. The Morgan fingerprint density at radius 3 is 1.92 bits per heavy atom. The summed E-state index contributed by atoms with van der Waals surface area (Å²) in [6.45, 7) is 14.8. The normalized spacial score (nSPS) is 48.5. The third-order valence-corrected chi connectivity index (χ3v) is 10.8. The van der Waals surface area contributed by atoms with Gasteiger partial charge >= 0.3 is 0 Å². The summed E-state index contributed by atoms with van der Waals surface area (Å²) in [5.74, 6) is 3.46. The van der Waals surface area contributed by atoms with Crippen LogP contribution in [-0.4, -0.2) is 5.78 Å². The van der Waals surface area contributed by atoms with Gasteiger partial charge in [-0.05, 0) is 97.2 Å². The molecule has 0 aliphatic heterocycles. The molecule has 1 nitrogen and oxygen atoms in total.